The lowest BCUT2D eigenvalue weighted by Crippen LogP contribution is -3.15. The monoisotopic (exact) mass is 398 g/mol. The molecule has 1 aromatic rings. The van der Waals surface area contributed by atoms with E-state index < -0.39 is 4.92 Å². The number of non-ortho nitro benzene ring substituents is 1. The van der Waals surface area contributed by atoms with Gasteiger partial charge in [-0.15, -0.1) is 0 Å². The number of nitrogens with one attached hydrogen (secondary N) is 3. The van der Waals surface area contributed by atoms with E-state index in [-0.39, 0.29) is 11.6 Å². The van der Waals surface area contributed by atoms with Crippen LogP contribution in [0.2, 0.25) is 5.02 Å². The van der Waals surface area contributed by atoms with Crippen LogP contribution in [0.5, 0.6) is 0 Å². The Morgan fingerprint density at radius 2 is 2.08 bits per heavy atom. The summed E-state index contributed by atoms with van der Waals surface area (Å²) in [5.74, 6) is 0.111. The van der Waals surface area contributed by atoms with Crippen molar-refractivity contribution >= 4 is 46.2 Å². The number of carbonyl (C=O) groups excluding carboxylic acids is 1. The van der Waals surface area contributed by atoms with Crippen LogP contribution in [0.15, 0.2) is 18.2 Å². The summed E-state index contributed by atoms with van der Waals surface area (Å²) in [4.78, 5) is 25.5. The van der Waals surface area contributed by atoms with Gasteiger partial charge in [0.15, 0.2) is 11.7 Å². The van der Waals surface area contributed by atoms with Crippen LogP contribution in [0.1, 0.15) is 12.8 Å². The van der Waals surface area contributed by atoms with Crippen molar-refractivity contribution in [2.24, 2.45) is 0 Å². The molecule has 2 fully saturated rings. The number of amides is 1. The molecule has 1 aromatic carbocycles. The molecule has 1 heterocycles. The van der Waals surface area contributed by atoms with Crippen LogP contribution in [-0.2, 0) is 4.79 Å². The van der Waals surface area contributed by atoms with E-state index in [1.54, 1.807) is 0 Å². The number of anilines is 1. The van der Waals surface area contributed by atoms with Gasteiger partial charge in [0.1, 0.15) is 0 Å². The summed E-state index contributed by atoms with van der Waals surface area (Å²) >= 11 is 11.5. The van der Waals surface area contributed by atoms with Crippen molar-refractivity contribution in [2.75, 3.05) is 38.0 Å². The summed E-state index contributed by atoms with van der Waals surface area (Å²) in [6, 6.07) is 4.59. The number of nitro groups is 1. The van der Waals surface area contributed by atoms with Gasteiger partial charge in [-0.1, -0.05) is 11.6 Å². The second-order valence-corrected chi connectivity index (χ2v) is 7.40. The van der Waals surface area contributed by atoms with Crippen molar-refractivity contribution < 1.29 is 14.6 Å². The summed E-state index contributed by atoms with van der Waals surface area (Å²) in [7, 11) is 0. The SMILES string of the molecule is O=C(C[NH+]1CCN(C(=S)Nc2cc([N+](=O)[O-])ccc2Cl)CC1)NC1CC1. The molecular weight excluding hydrogens is 378 g/mol. The minimum absolute atomic E-state index is 0.0457. The summed E-state index contributed by atoms with van der Waals surface area (Å²) in [6.07, 6.45) is 2.18. The predicted octanol–water partition coefficient (Wildman–Crippen LogP) is 0.424. The normalized spacial score (nSPS) is 17.7. The molecule has 140 valence electrons. The highest BCUT2D eigenvalue weighted by molar-refractivity contribution is 7.80. The van der Waals surface area contributed by atoms with Gasteiger partial charge in [-0.25, -0.2) is 0 Å². The number of rotatable bonds is 5. The van der Waals surface area contributed by atoms with Gasteiger partial charge in [-0.3, -0.25) is 14.9 Å². The molecule has 2 aliphatic rings. The number of piperazine rings is 1. The molecule has 26 heavy (non-hydrogen) atoms. The molecule has 1 aliphatic heterocycles. The highest BCUT2D eigenvalue weighted by Gasteiger charge is 2.27. The smallest absolute Gasteiger partial charge is 0.275 e. The van der Waals surface area contributed by atoms with E-state index in [9.17, 15) is 14.9 Å². The van der Waals surface area contributed by atoms with Crippen LogP contribution >= 0.6 is 23.8 Å². The Hall–Kier alpha value is -1.97. The Labute approximate surface area is 161 Å². The molecule has 3 rings (SSSR count). The van der Waals surface area contributed by atoms with Gasteiger partial charge in [0.2, 0.25) is 0 Å². The summed E-state index contributed by atoms with van der Waals surface area (Å²) in [5.41, 5.74) is 0.375. The first-order chi connectivity index (χ1) is 12.4. The maximum atomic E-state index is 11.9. The van der Waals surface area contributed by atoms with Crippen molar-refractivity contribution in [3.05, 3.63) is 33.3 Å². The third kappa shape index (κ3) is 5.03. The zero-order valence-electron chi connectivity index (χ0n) is 14.2. The molecule has 0 radical (unpaired) electrons. The Balaban J connectivity index is 1.49. The lowest BCUT2D eigenvalue weighted by atomic mass is 10.2. The second-order valence-electron chi connectivity index (χ2n) is 6.61. The van der Waals surface area contributed by atoms with E-state index in [2.05, 4.69) is 10.6 Å². The number of hydrogen-bond donors (Lipinski definition) is 3. The number of thiocarbonyl (C=S) groups is 1. The summed E-state index contributed by atoms with van der Waals surface area (Å²) < 4.78 is 0. The van der Waals surface area contributed by atoms with Gasteiger partial charge >= 0.3 is 0 Å². The number of nitro benzene ring substituents is 1. The Morgan fingerprint density at radius 3 is 2.69 bits per heavy atom. The van der Waals surface area contributed by atoms with Crippen molar-refractivity contribution in [2.45, 2.75) is 18.9 Å². The molecule has 10 heteroatoms. The molecule has 0 atom stereocenters. The average molecular weight is 399 g/mol. The number of nitrogens with zero attached hydrogens (tertiary/aromatic N) is 2. The second kappa shape index (κ2) is 8.15. The van der Waals surface area contributed by atoms with E-state index in [0.717, 1.165) is 25.9 Å². The van der Waals surface area contributed by atoms with Gasteiger partial charge < -0.3 is 20.4 Å². The molecule has 8 nitrogen and oxygen atoms in total. The number of quaternary nitrogens is 1. The summed E-state index contributed by atoms with van der Waals surface area (Å²) in [5, 5.41) is 17.8. The van der Waals surface area contributed by atoms with E-state index in [1.807, 2.05) is 4.90 Å². The highest BCUT2D eigenvalue weighted by atomic mass is 35.5. The number of benzene rings is 1. The lowest BCUT2D eigenvalue weighted by Gasteiger charge is -2.33. The van der Waals surface area contributed by atoms with Gasteiger partial charge in [0, 0.05) is 18.2 Å². The van der Waals surface area contributed by atoms with Gasteiger partial charge in [0.05, 0.1) is 41.8 Å². The first-order valence-electron chi connectivity index (χ1n) is 8.55. The van der Waals surface area contributed by atoms with Crippen molar-refractivity contribution in [3.8, 4) is 0 Å². The van der Waals surface area contributed by atoms with E-state index in [0.29, 0.717) is 41.5 Å². The fourth-order valence-corrected chi connectivity index (χ4v) is 3.31. The van der Waals surface area contributed by atoms with Crippen molar-refractivity contribution in [1.82, 2.24) is 10.2 Å². The summed E-state index contributed by atoms with van der Waals surface area (Å²) in [6.45, 7) is 3.53. The minimum Gasteiger partial charge on any atom is -0.348 e. The lowest BCUT2D eigenvalue weighted by molar-refractivity contribution is -0.895. The number of hydrogen-bond acceptors (Lipinski definition) is 4. The van der Waals surface area contributed by atoms with Gasteiger partial charge in [-0.05, 0) is 31.1 Å². The fraction of sp³-hybridized carbons (Fsp3) is 0.500. The third-order valence-electron chi connectivity index (χ3n) is 4.51. The first kappa shape index (κ1) is 18.8. The molecule has 0 aromatic heterocycles. The molecule has 1 amide bonds. The Bertz CT molecular complexity index is 720. The first-order valence-corrected chi connectivity index (χ1v) is 9.34. The van der Waals surface area contributed by atoms with Gasteiger partial charge in [0.25, 0.3) is 11.6 Å². The van der Waals surface area contributed by atoms with Crippen LogP contribution in [0.25, 0.3) is 0 Å². The molecule has 1 aliphatic carbocycles. The molecule has 0 spiro atoms. The fourth-order valence-electron chi connectivity index (χ4n) is 2.85. The molecule has 1 saturated heterocycles. The highest BCUT2D eigenvalue weighted by Crippen LogP contribution is 2.27. The van der Waals surface area contributed by atoms with Crippen LogP contribution in [0, 0.1) is 10.1 Å². The van der Waals surface area contributed by atoms with Crippen LogP contribution in [0.4, 0.5) is 11.4 Å². The quantitative estimate of drug-likeness (QED) is 0.378. The topological polar surface area (TPSA) is 92.0 Å². The maximum absolute atomic E-state index is 11.9. The molecule has 1 saturated carbocycles. The average Bonchev–Trinajstić information content (AvgIpc) is 3.41. The van der Waals surface area contributed by atoms with Gasteiger partial charge in [-0.2, -0.15) is 0 Å². The Kier molecular flexibility index (Phi) is 5.90. The van der Waals surface area contributed by atoms with E-state index >= 15 is 0 Å². The largest absolute Gasteiger partial charge is 0.348 e. The standard InChI is InChI=1S/C16H20ClN5O3S/c17-13-4-3-12(22(24)25)9-14(13)19-16(26)21-7-5-20(6-8-21)10-15(23)18-11-1-2-11/h3-4,9,11H,1-2,5-8,10H2,(H,18,23)(H,19,26)/p+1. The number of carbonyl (C=O) groups is 1. The zero-order chi connectivity index (χ0) is 18.7. The predicted molar refractivity (Wildman–Crippen MR) is 103 cm³/mol. The maximum Gasteiger partial charge on any atom is 0.275 e. The minimum atomic E-state index is -0.473. The van der Waals surface area contributed by atoms with E-state index in [4.69, 9.17) is 23.8 Å². The van der Waals surface area contributed by atoms with Crippen molar-refractivity contribution in [3.63, 3.8) is 0 Å². The Morgan fingerprint density at radius 1 is 1.38 bits per heavy atom. The molecule has 0 unspecified atom stereocenters. The zero-order valence-corrected chi connectivity index (χ0v) is 15.7. The molecular formula is C16H21ClN5O3S+. The van der Waals surface area contributed by atoms with Crippen LogP contribution in [-0.4, -0.2) is 59.6 Å². The van der Waals surface area contributed by atoms with E-state index in [1.165, 1.54) is 23.1 Å². The number of halogens is 1. The van der Waals surface area contributed by atoms with Crippen LogP contribution < -0.4 is 15.5 Å². The van der Waals surface area contributed by atoms with Crippen molar-refractivity contribution in [1.29, 1.82) is 0 Å². The van der Waals surface area contributed by atoms with Crippen LogP contribution in [0.3, 0.4) is 0 Å². The molecule has 3 N–H and O–H groups in total. The third-order valence-corrected chi connectivity index (χ3v) is 5.20. The molecule has 0 bridgehead atoms.